The lowest BCUT2D eigenvalue weighted by molar-refractivity contribution is 0.109. The Morgan fingerprint density at radius 1 is 1.38 bits per heavy atom. The van der Waals surface area contributed by atoms with Gasteiger partial charge in [-0.2, -0.15) is 5.26 Å². The zero-order chi connectivity index (χ0) is 15.4. The average molecular weight is 312 g/mol. The van der Waals surface area contributed by atoms with Gasteiger partial charge in [-0.15, -0.1) is 0 Å². The molecule has 0 aliphatic carbocycles. The van der Waals surface area contributed by atoms with E-state index in [4.69, 9.17) is 22.0 Å². The van der Waals surface area contributed by atoms with Crippen molar-refractivity contribution in [3.05, 3.63) is 34.9 Å². The number of aromatic nitrogens is 1. The summed E-state index contributed by atoms with van der Waals surface area (Å²) in [4.78, 5) is 4.19. The van der Waals surface area contributed by atoms with Crippen molar-refractivity contribution in [2.45, 2.75) is 18.9 Å². The normalized spacial score (nSPS) is 12.4. The van der Waals surface area contributed by atoms with Crippen LogP contribution in [0.5, 0.6) is 0 Å². The van der Waals surface area contributed by atoms with Crippen molar-refractivity contribution < 1.29 is 13.9 Å². The van der Waals surface area contributed by atoms with Crippen LogP contribution in [-0.2, 0) is 0 Å². The number of nitrogens with one attached hydrogen (secondary N) is 1. The number of halogens is 3. The molecule has 0 bridgehead atoms. The Hall–Kier alpha value is -1.97. The first-order chi connectivity index (χ1) is 10.0. The molecule has 1 aromatic heterocycles. The first-order valence-corrected chi connectivity index (χ1v) is 6.59. The lowest BCUT2D eigenvalue weighted by Gasteiger charge is -2.18. The monoisotopic (exact) mass is 311 g/mol. The molecule has 2 N–H and O–H groups in total. The largest absolute Gasteiger partial charge is 0.396 e. The molecule has 0 aliphatic heterocycles. The van der Waals surface area contributed by atoms with Gasteiger partial charge in [0, 0.05) is 17.0 Å². The molecule has 0 amide bonds. The SMILES string of the molecule is N#Cc1cc(NC(CCO)C(F)F)nc2ccc(Cl)cc12. The van der Waals surface area contributed by atoms with Crippen molar-refractivity contribution in [2.24, 2.45) is 0 Å². The van der Waals surface area contributed by atoms with E-state index in [2.05, 4.69) is 10.3 Å². The van der Waals surface area contributed by atoms with E-state index in [-0.39, 0.29) is 18.8 Å². The second kappa shape index (κ2) is 6.66. The van der Waals surface area contributed by atoms with Crippen LogP contribution in [0.25, 0.3) is 10.9 Å². The summed E-state index contributed by atoms with van der Waals surface area (Å²) in [6.45, 7) is -0.365. The van der Waals surface area contributed by atoms with Gasteiger partial charge in [0.15, 0.2) is 0 Å². The smallest absolute Gasteiger partial charge is 0.258 e. The summed E-state index contributed by atoms with van der Waals surface area (Å²) in [5, 5.41) is 21.5. The number of nitrogens with zero attached hydrogens (tertiary/aromatic N) is 2. The van der Waals surface area contributed by atoms with E-state index in [1.165, 1.54) is 6.07 Å². The van der Waals surface area contributed by atoms with E-state index in [0.29, 0.717) is 21.5 Å². The van der Waals surface area contributed by atoms with Gasteiger partial charge in [0.05, 0.1) is 23.2 Å². The molecule has 0 spiro atoms. The number of alkyl halides is 2. The van der Waals surface area contributed by atoms with Crippen molar-refractivity contribution >= 4 is 28.3 Å². The molecule has 0 radical (unpaired) electrons. The van der Waals surface area contributed by atoms with Gasteiger partial charge in [0.25, 0.3) is 6.43 Å². The molecular weight excluding hydrogens is 300 g/mol. The maximum atomic E-state index is 12.8. The van der Waals surface area contributed by atoms with E-state index < -0.39 is 12.5 Å². The van der Waals surface area contributed by atoms with Crippen LogP contribution in [0.1, 0.15) is 12.0 Å². The zero-order valence-corrected chi connectivity index (χ0v) is 11.6. The molecule has 0 aliphatic rings. The topological polar surface area (TPSA) is 68.9 Å². The molecule has 2 aromatic rings. The fourth-order valence-corrected chi connectivity index (χ4v) is 2.13. The van der Waals surface area contributed by atoms with Gasteiger partial charge < -0.3 is 10.4 Å². The van der Waals surface area contributed by atoms with Crippen LogP contribution in [0.4, 0.5) is 14.6 Å². The van der Waals surface area contributed by atoms with Gasteiger partial charge in [-0.05, 0) is 30.7 Å². The molecule has 21 heavy (non-hydrogen) atoms. The first-order valence-electron chi connectivity index (χ1n) is 6.21. The minimum absolute atomic E-state index is 0.111. The molecule has 0 saturated carbocycles. The summed E-state index contributed by atoms with van der Waals surface area (Å²) >= 11 is 5.87. The minimum atomic E-state index is -2.65. The predicted molar refractivity (Wildman–Crippen MR) is 76.6 cm³/mol. The molecule has 1 heterocycles. The van der Waals surface area contributed by atoms with Crippen molar-refractivity contribution in [3.8, 4) is 6.07 Å². The summed E-state index contributed by atoms with van der Waals surface area (Å²) in [5.74, 6) is 0.167. The number of aliphatic hydroxyl groups excluding tert-OH is 1. The van der Waals surface area contributed by atoms with Crippen LogP contribution < -0.4 is 5.32 Å². The van der Waals surface area contributed by atoms with Crippen LogP contribution in [0.3, 0.4) is 0 Å². The number of hydrogen-bond donors (Lipinski definition) is 2. The highest BCUT2D eigenvalue weighted by Crippen LogP contribution is 2.24. The van der Waals surface area contributed by atoms with Crippen molar-refractivity contribution in [1.82, 2.24) is 4.98 Å². The number of aliphatic hydroxyl groups is 1. The van der Waals surface area contributed by atoms with Gasteiger partial charge in [-0.1, -0.05) is 11.6 Å². The Bertz CT molecular complexity index is 688. The minimum Gasteiger partial charge on any atom is -0.396 e. The Labute approximate surface area is 125 Å². The standard InChI is InChI=1S/C14H12ClF2N3O/c15-9-1-2-11-10(6-9)8(7-18)5-13(19-11)20-12(3-4-21)14(16)17/h1-2,5-6,12,14,21H,3-4H2,(H,19,20). The highest BCUT2D eigenvalue weighted by Gasteiger charge is 2.20. The molecule has 7 heteroatoms. The molecule has 110 valence electrons. The van der Waals surface area contributed by atoms with Crippen molar-refractivity contribution in [2.75, 3.05) is 11.9 Å². The molecular formula is C14H12ClF2N3O. The van der Waals surface area contributed by atoms with Crippen LogP contribution >= 0.6 is 11.6 Å². The molecule has 1 atom stereocenters. The predicted octanol–water partition coefficient (Wildman–Crippen LogP) is 3.19. The van der Waals surface area contributed by atoms with Crippen LogP contribution in [0.2, 0.25) is 5.02 Å². The molecule has 1 unspecified atom stereocenters. The third-order valence-corrected chi connectivity index (χ3v) is 3.20. The summed E-state index contributed by atoms with van der Waals surface area (Å²) in [7, 11) is 0. The Morgan fingerprint density at radius 3 is 2.76 bits per heavy atom. The third kappa shape index (κ3) is 3.57. The number of anilines is 1. The molecule has 0 saturated heterocycles. The Morgan fingerprint density at radius 2 is 2.14 bits per heavy atom. The van der Waals surface area contributed by atoms with Gasteiger partial charge in [-0.25, -0.2) is 13.8 Å². The fourth-order valence-electron chi connectivity index (χ4n) is 1.95. The van der Waals surface area contributed by atoms with Gasteiger partial charge >= 0.3 is 0 Å². The molecule has 2 rings (SSSR count). The van der Waals surface area contributed by atoms with Crippen LogP contribution in [-0.4, -0.2) is 29.2 Å². The van der Waals surface area contributed by atoms with Gasteiger partial charge in [0.2, 0.25) is 0 Å². The van der Waals surface area contributed by atoms with Crippen LogP contribution in [0.15, 0.2) is 24.3 Å². The van der Waals surface area contributed by atoms with Gasteiger partial charge in [-0.3, -0.25) is 0 Å². The number of rotatable bonds is 5. The highest BCUT2D eigenvalue weighted by atomic mass is 35.5. The summed E-state index contributed by atoms with van der Waals surface area (Å²) in [5.41, 5.74) is 0.778. The molecule has 4 nitrogen and oxygen atoms in total. The van der Waals surface area contributed by atoms with E-state index >= 15 is 0 Å². The van der Waals surface area contributed by atoms with E-state index in [9.17, 15) is 8.78 Å². The second-order valence-electron chi connectivity index (χ2n) is 4.43. The quantitative estimate of drug-likeness (QED) is 0.890. The lowest BCUT2D eigenvalue weighted by atomic mass is 10.1. The Balaban J connectivity index is 2.41. The number of benzene rings is 1. The van der Waals surface area contributed by atoms with Crippen molar-refractivity contribution in [3.63, 3.8) is 0 Å². The summed E-state index contributed by atoms with van der Waals surface area (Å²) < 4.78 is 25.7. The van der Waals surface area contributed by atoms with Gasteiger partial charge in [0.1, 0.15) is 5.82 Å². The molecule has 1 aromatic carbocycles. The second-order valence-corrected chi connectivity index (χ2v) is 4.86. The average Bonchev–Trinajstić information content (AvgIpc) is 2.46. The number of nitriles is 1. The first kappa shape index (κ1) is 15.4. The van der Waals surface area contributed by atoms with E-state index in [1.54, 1.807) is 18.2 Å². The fraction of sp³-hybridized carbons (Fsp3) is 0.286. The highest BCUT2D eigenvalue weighted by molar-refractivity contribution is 6.31. The maximum absolute atomic E-state index is 12.8. The summed E-state index contributed by atoms with van der Waals surface area (Å²) in [6.07, 6.45) is -2.76. The van der Waals surface area contributed by atoms with E-state index in [0.717, 1.165) is 0 Å². The van der Waals surface area contributed by atoms with Crippen LogP contribution in [0, 0.1) is 11.3 Å². The number of pyridine rings is 1. The van der Waals surface area contributed by atoms with Crippen molar-refractivity contribution in [1.29, 1.82) is 5.26 Å². The summed E-state index contributed by atoms with van der Waals surface area (Å²) in [6, 6.07) is 7.00. The number of fused-ring (bicyclic) bond motifs is 1. The number of hydrogen-bond acceptors (Lipinski definition) is 4. The van der Waals surface area contributed by atoms with E-state index in [1.807, 2.05) is 6.07 Å². The Kier molecular flexibility index (Phi) is 4.89. The molecule has 0 fully saturated rings. The lowest BCUT2D eigenvalue weighted by Crippen LogP contribution is -2.29. The third-order valence-electron chi connectivity index (χ3n) is 2.97. The zero-order valence-electron chi connectivity index (χ0n) is 10.9. The maximum Gasteiger partial charge on any atom is 0.258 e.